The van der Waals surface area contributed by atoms with Crippen LogP contribution in [0.5, 0.6) is 0 Å². The molecule has 0 amide bonds. The van der Waals surface area contributed by atoms with Crippen molar-refractivity contribution in [2.45, 2.75) is 12.8 Å². The molecule has 0 aliphatic carbocycles. The highest BCUT2D eigenvalue weighted by Crippen LogP contribution is 2.12. The van der Waals surface area contributed by atoms with Crippen LogP contribution in [0.2, 0.25) is 0 Å². The van der Waals surface area contributed by atoms with Gasteiger partial charge in [-0.3, -0.25) is 0 Å². The van der Waals surface area contributed by atoms with Crippen molar-refractivity contribution < 1.29 is 0 Å². The van der Waals surface area contributed by atoms with Gasteiger partial charge >= 0.3 is 0 Å². The molecule has 0 radical (unpaired) electrons. The van der Waals surface area contributed by atoms with E-state index in [1.165, 1.54) is 11.1 Å². The number of aryl methyl sites for hydroxylation is 2. The molecule has 0 unspecified atom stereocenters. The summed E-state index contributed by atoms with van der Waals surface area (Å²) in [5.41, 5.74) is 2.85. The zero-order valence-corrected chi connectivity index (χ0v) is 11.2. The lowest BCUT2D eigenvalue weighted by atomic mass is 10.1. The molecule has 0 saturated heterocycles. The summed E-state index contributed by atoms with van der Waals surface area (Å²) in [4.78, 5) is 0. The van der Waals surface area contributed by atoms with Crippen LogP contribution in [-0.4, -0.2) is 11.5 Å². The lowest BCUT2D eigenvalue weighted by Gasteiger charge is -2.04. The van der Waals surface area contributed by atoms with E-state index in [0.717, 1.165) is 24.3 Å². The second-order valence-corrected chi connectivity index (χ2v) is 5.54. The average Bonchev–Trinajstić information content (AvgIpc) is 2.30. The van der Waals surface area contributed by atoms with Crippen LogP contribution in [0, 0.1) is 0 Å². The Balaban J connectivity index is 2.43. The Bertz CT molecular complexity index is 302. The second kappa shape index (κ2) is 8.54. The number of thioether (sulfide) groups is 2. The molecule has 1 aromatic rings. The van der Waals surface area contributed by atoms with Crippen LogP contribution >= 0.6 is 23.5 Å². The van der Waals surface area contributed by atoms with E-state index >= 15 is 0 Å². The van der Waals surface area contributed by atoms with Gasteiger partial charge in [-0.15, -0.1) is 23.5 Å². The fourth-order valence-electron chi connectivity index (χ4n) is 1.46. The molecule has 1 rings (SSSR count). The van der Waals surface area contributed by atoms with Gasteiger partial charge in [-0.25, -0.2) is 0 Å². The molecule has 86 valence electrons. The molecule has 0 aliphatic heterocycles. The predicted octanol–water partition coefficient (Wildman–Crippen LogP) is 4.53. The predicted molar refractivity (Wildman–Crippen MR) is 79.2 cm³/mol. The summed E-state index contributed by atoms with van der Waals surface area (Å²) in [7, 11) is 0. The SMILES string of the molecule is C=CSCCc1cccc(CCSC=C)c1. The standard InChI is InChI=1S/C14H18S2/c1-3-15-10-8-13-6-5-7-14(12-13)9-11-16-4-2/h3-7,12H,1-2,8-11H2. The summed E-state index contributed by atoms with van der Waals surface area (Å²) in [6.07, 6.45) is 2.25. The quantitative estimate of drug-likeness (QED) is 0.622. The second-order valence-electron chi connectivity index (χ2n) is 3.39. The van der Waals surface area contributed by atoms with Gasteiger partial charge in [0, 0.05) is 11.5 Å². The lowest BCUT2D eigenvalue weighted by molar-refractivity contribution is 1.10. The van der Waals surface area contributed by atoms with Gasteiger partial charge in [0.25, 0.3) is 0 Å². The van der Waals surface area contributed by atoms with E-state index in [-0.39, 0.29) is 0 Å². The van der Waals surface area contributed by atoms with Crippen molar-refractivity contribution in [2.75, 3.05) is 11.5 Å². The van der Waals surface area contributed by atoms with E-state index < -0.39 is 0 Å². The van der Waals surface area contributed by atoms with Crippen LogP contribution in [-0.2, 0) is 12.8 Å². The Morgan fingerprint density at radius 1 is 0.938 bits per heavy atom. The average molecular weight is 250 g/mol. The molecular weight excluding hydrogens is 232 g/mol. The monoisotopic (exact) mass is 250 g/mol. The minimum absolute atomic E-state index is 1.12. The summed E-state index contributed by atoms with van der Waals surface area (Å²) in [6, 6.07) is 8.87. The fraction of sp³-hybridized carbons (Fsp3) is 0.286. The summed E-state index contributed by atoms with van der Waals surface area (Å²) in [5.74, 6) is 2.24. The highest BCUT2D eigenvalue weighted by atomic mass is 32.2. The third-order valence-electron chi connectivity index (χ3n) is 2.24. The first-order chi connectivity index (χ1) is 7.86. The molecule has 2 heteroatoms. The number of benzene rings is 1. The van der Waals surface area contributed by atoms with Gasteiger partial charge in [0.05, 0.1) is 0 Å². The Morgan fingerprint density at radius 3 is 1.88 bits per heavy atom. The third-order valence-corrected chi connectivity index (χ3v) is 3.60. The van der Waals surface area contributed by atoms with Crippen molar-refractivity contribution in [2.24, 2.45) is 0 Å². The molecule has 0 fully saturated rings. The molecule has 0 nitrogen and oxygen atoms in total. The van der Waals surface area contributed by atoms with Gasteiger partial charge in [0.1, 0.15) is 0 Å². The minimum Gasteiger partial charge on any atom is -0.134 e. The molecule has 16 heavy (non-hydrogen) atoms. The molecule has 0 aliphatic rings. The maximum Gasteiger partial charge on any atom is 0.00144 e. The normalized spacial score (nSPS) is 10.0. The first kappa shape index (κ1) is 13.5. The van der Waals surface area contributed by atoms with Gasteiger partial charge in [-0.2, -0.15) is 0 Å². The highest BCUT2D eigenvalue weighted by Gasteiger charge is 1.96. The number of hydrogen-bond donors (Lipinski definition) is 0. The highest BCUT2D eigenvalue weighted by molar-refractivity contribution is 8.02. The largest absolute Gasteiger partial charge is 0.134 e. The van der Waals surface area contributed by atoms with Gasteiger partial charge in [-0.05, 0) is 34.8 Å². The molecular formula is C14H18S2. The van der Waals surface area contributed by atoms with E-state index in [2.05, 4.69) is 37.4 Å². The third kappa shape index (κ3) is 5.47. The van der Waals surface area contributed by atoms with Crippen LogP contribution in [0.4, 0.5) is 0 Å². The first-order valence-corrected chi connectivity index (χ1v) is 7.49. The maximum absolute atomic E-state index is 3.71. The zero-order valence-electron chi connectivity index (χ0n) is 9.52. The molecule has 0 spiro atoms. The van der Waals surface area contributed by atoms with Crippen molar-refractivity contribution in [1.29, 1.82) is 0 Å². The Kier molecular flexibility index (Phi) is 7.19. The minimum atomic E-state index is 1.12. The Hall–Kier alpha value is -0.600. The topological polar surface area (TPSA) is 0 Å². The molecule has 0 atom stereocenters. The fourth-order valence-corrected chi connectivity index (χ4v) is 2.50. The summed E-state index contributed by atoms with van der Waals surface area (Å²) < 4.78 is 0. The Morgan fingerprint density at radius 2 is 1.44 bits per heavy atom. The molecule has 0 bridgehead atoms. The molecule has 0 saturated carbocycles. The van der Waals surface area contributed by atoms with Crippen molar-refractivity contribution in [3.63, 3.8) is 0 Å². The summed E-state index contributed by atoms with van der Waals surface area (Å²) in [6.45, 7) is 7.42. The van der Waals surface area contributed by atoms with Crippen molar-refractivity contribution in [3.05, 3.63) is 59.4 Å². The van der Waals surface area contributed by atoms with Crippen molar-refractivity contribution in [1.82, 2.24) is 0 Å². The Labute approximate surface area is 107 Å². The van der Waals surface area contributed by atoms with Crippen molar-refractivity contribution in [3.8, 4) is 0 Å². The summed E-state index contributed by atoms with van der Waals surface area (Å²) in [5, 5.41) is 3.81. The summed E-state index contributed by atoms with van der Waals surface area (Å²) >= 11 is 3.55. The molecule has 0 heterocycles. The zero-order chi connectivity index (χ0) is 11.6. The van der Waals surface area contributed by atoms with E-state index in [0.29, 0.717) is 0 Å². The van der Waals surface area contributed by atoms with E-state index in [1.807, 2.05) is 10.8 Å². The van der Waals surface area contributed by atoms with Gasteiger partial charge < -0.3 is 0 Å². The molecule has 0 N–H and O–H groups in total. The molecule has 0 aromatic heterocycles. The van der Waals surface area contributed by atoms with Gasteiger partial charge in [0.2, 0.25) is 0 Å². The van der Waals surface area contributed by atoms with Crippen molar-refractivity contribution >= 4 is 23.5 Å². The van der Waals surface area contributed by atoms with Crippen LogP contribution < -0.4 is 0 Å². The van der Waals surface area contributed by atoms with E-state index in [1.54, 1.807) is 23.5 Å². The van der Waals surface area contributed by atoms with E-state index in [4.69, 9.17) is 0 Å². The van der Waals surface area contributed by atoms with E-state index in [9.17, 15) is 0 Å². The first-order valence-electron chi connectivity index (χ1n) is 5.39. The van der Waals surface area contributed by atoms with Gasteiger partial charge in [0.15, 0.2) is 0 Å². The van der Waals surface area contributed by atoms with Crippen LogP contribution in [0.1, 0.15) is 11.1 Å². The van der Waals surface area contributed by atoms with Crippen LogP contribution in [0.3, 0.4) is 0 Å². The lowest BCUT2D eigenvalue weighted by Crippen LogP contribution is -1.92. The molecule has 1 aromatic carbocycles. The smallest absolute Gasteiger partial charge is 0.00144 e. The number of rotatable bonds is 8. The van der Waals surface area contributed by atoms with Gasteiger partial charge in [-0.1, -0.05) is 37.4 Å². The maximum atomic E-state index is 3.71. The van der Waals surface area contributed by atoms with Crippen LogP contribution in [0.25, 0.3) is 0 Å². The van der Waals surface area contributed by atoms with Crippen LogP contribution in [0.15, 0.2) is 48.2 Å². The number of hydrogen-bond acceptors (Lipinski definition) is 2.